The van der Waals surface area contributed by atoms with Crippen LogP contribution in [-0.2, 0) is 27.3 Å². The van der Waals surface area contributed by atoms with Crippen molar-refractivity contribution in [2.45, 2.75) is 69.5 Å². The standard InChI is InChI=1S/C34H39N9O6/c1-43(18-22-17-37-30-28(38-22)29(35)41-34(36)42-30)23-12-10-20(11-13-23)31(46)39-25(14-15-27(44)45)32(47)40-26(33(48)49)16-21-8-4-5-9-24(21)19-6-2-3-7-19/h4-5,8-13,17,19,25-26H,2-3,6-7,14-16,18H2,1H3,(H,39,46)(H,40,47)(H,44,45)(H,48,49)(H4,35,36,37,41,42)/t25-,26-/m0/s1. The molecule has 0 bridgehead atoms. The Hall–Kier alpha value is -5.86. The molecule has 49 heavy (non-hydrogen) atoms. The topological polar surface area (TPSA) is 240 Å². The van der Waals surface area contributed by atoms with Crippen LogP contribution in [0.1, 0.15) is 71.6 Å². The first-order chi connectivity index (χ1) is 23.5. The Morgan fingerprint density at radius 2 is 1.65 bits per heavy atom. The molecule has 15 nitrogen and oxygen atoms in total. The molecule has 256 valence electrons. The van der Waals surface area contributed by atoms with E-state index < -0.39 is 42.3 Å². The number of amides is 2. The molecule has 0 saturated heterocycles. The summed E-state index contributed by atoms with van der Waals surface area (Å²) in [4.78, 5) is 68.8. The molecule has 2 amide bonds. The number of aromatic nitrogens is 4. The third-order valence-electron chi connectivity index (χ3n) is 8.63. The lowest BCUT2D eigenvalue weighted by Gasteiger charge is -2.23. The minimum absolute atomic E-state index is 0.00232. The zero-order valence-corrected chi connectivity index (χ0v) is 27.0. The van der Waals surface area contributed by atoms with E-state index in [0.29, 0.717) is 23.7 Å². The van der Waals surface area contributed by atoms with E-state index in [9.17, 15) is 29.4 Å². The van der Waals surface area contributed by atoms with Crippen molar-refractivity contribution in [2.24, 2.45) is 0 Å². The fourth-order valence-electron chi connectivity index (χ4n) is 6.09. The van der Waals surface area contributed by atoms with Crippen LogP contribution in [0.15, 0.2) is 54.7 Å². The second-order valence-electron chi connectivity index (χ2n) is 12.1. The number of hydrogen-bond donors (Lipinski definition) is 6. The first kappa shape index (κ1) is 34.5. The number of carboxylic acids is 2. The maximum Gasteiger partial charge on any atom is 0.326 e. The number of anilines is 3. The summed E-state index contributed by atoms with van der Waals surface area (Å²) in [6, 6.07) is 11.6. The number of nitrogens with one attached hydrogen (secondary N) is 2. The van der Waals surface area contributed by atoms with E-state index in [2.05, 4.69) is 30.6 Å². The Bertz CT molecular complexity index is 1850. The third kappa shape index (κ3) is 8.74. The van der Waals surface area contributed by atoms with E-state index in [0.717, 1.165) is 42.5 Å². The normalized spacial score (nSPS) is 14.2. The fraction of sp³-hybridized carbons (Fsp3) is 0.353. The van der Waals surface area contributed by atoms with Gasteiger partial charge in [0.25, 0.3) is 5.91 Å². The number of hydrogen-bond acceptors (Lipinski definition) is 11. The summed E-state index contributed by atoms with van der Waals surface area (Å²) in [5.74, 6) is -3.31. The van der Waals surface area contributed by atoms with Crippen molar-refractivity contribution in [1.29, 1.82) is 0 Å². The Kier molecular flexibility index (Phi) is 10.8. The second kappa shape index (κ2) is 15.4. The molecule has 0 unspecified atom stereocenters. The summed E-state index contributed by atoms with van der Waals surface area (Å²) in [6.45, 7) is 0.339. The van der Waals surface area contributed by atoms with Gasteiger partial charge in [0.15, 0.2) is 17.0 Å². The highest BCUT2D eigenvalue weighted by Gasteiger charge is 2.29. The van der Waals surface area contributed by atoms with Gasteiger partial charge in [-0.1, -0.05) is 37.1 Å². The van der Waals surface area contributed by atoms with Gasteiger partial charge in [0, 0.05) is 31.1 Å². The van der Waals surface area contributed by atoms with Gasteiger partial charge in [0.2, 0.25) is 11.9 Å². The quantitative estimate of drug-likeness (QED) is 0.113. The summed E-state index contributed by atoms with van der Waals surface area (Å²) < 4.78 is 0. The molecule has 1 fully saturated rings. The Balaban J connectivity index is 1.25. The minimum Gasteiger partial charge on any atom is -0.481 e. The molecule has 0 aliphatic heterocycles. The van der Waals surface area contributed by atoms with E-state index in [1.165, 1.54) is 0 Å². The van der Waals surface area contributed by atoms with Gasteiger partial charge in [0.05, 0.1) is 18.4 Å². The van der Waals surface area contributed by atoms with Gasteiger partial charge in [-0.05, 0) is 60.6 Å². The van der Waals surface area contributed by atoms with Crippen molar-refractivity contribution in [3.8, 4) is 0 Å². The Morgan fingerprint density at radius 1 is 0.939 bits per heavy atom. The lowest BCUT2D eigenvalue weighted by molar-refractivity contribution is -0.142. The molecule has 8 N–H and O–H groups in total. The van der Waals surface area contributed by atoms with Crippen LogP contribution < -0.4 is 27.0 Å². The number of aliphatic carboxylic acids is 2. The number of fused-ring (bicyclic) bond motifs is 1. The van der Waals surface area contributed by atoms with Gasteiger partial charge in [-0.2, -0.15) is 9.97 Å². The van der Waals surface area contributed by atoms with Crippen LogP contribution in [-0.4, -0.2) is 73.0 Å². The highest BCUT2D eigenvalue weighted by molar-refractivity contribution is 5.98. The first-order valence-electron chi connectivity index (χ1n) is 16.0. The SMILES string of the molecule is CN(Cc1cnc2nc(N)nc(N)c2n1)c1ccc(C(=O)N[C@@H](CCC(=O)O)C(=O)N[C@@H](Cc2ccccc2C2CCCC2)C(=O)O)cc1. The molecule has 1 saturated carbocycles. The average Bonchev–Trinajstić information content (AvgIpc) is 3.61. The molecule has 4 aromatic rings. The number of nitrogens with two attached hydrogens (primary N) is 2. The number of carbonyl (C=O) groups excluding carboxylic acids is 2. The van der Waals surface area contributed by atoms with Crippen molar-refractivity contribution >= 4 is 52.4 Å². The molecule has 1 aliphatic rings. The molecule has 0 spiro atoms. The van der Waals surface area contributed by atoms with Crippen molar-refractivity contribution in [3.05, 3.63) is 77.1 Å². The fourth-order valence-corrected chi connectivity index (χ4v) is 6.09. The highest BCUT2D eigenvalue weighted by atomic mass is 16.4. The molecule has 2 aromatic heterocycles. The average molecular weight is 670 g/mol. The maximum atomic E-state index is 13.4. The lowest BCUT2D eigenvalue weighted by Crippen LogP contribution is -2.52. The van der Waals surface area contributed by atoms with Crippen LogP contribution in [0.3, 0.4) is 0 Å². The van der Waals surface area contributed by atoms with Gasteiger partial charge < -0.3 is 37.2 Å². The maximum absolute atomic E-state index is 13.4. The summed E-state index contributed by atoms with van der Waals surface area (Å²) in [5, 5.41) is 24.4. The van der Waals surface area contributed by atoms with Crippen LogP contribution in [0.5, 0.6) is 0 Å². The van der Waals surface area contributed by atoms with Crippen molar-refractivity contribution in [3.63, 3.8) is 0 Å². The van der Waals surface area contributed by atoms with E-state index in [-0.39, 0.29) is 35.8 Å². The van der Waals surface area contributed by atoms with Gasteiger partial charge in [0.1, 0.15) is 12.1 Å². The molecule has 15 heteroatoms. The molecular formula is C34H39N9O6. The van der Waals surface area contributed by atoms with Crippen molar-refractivity contribution < 1.29 is 29.4 Å². The molecule has 0 radical (unpaired) electrons. The van der Waals surface area contributed by atoms with Crippen LogP contribution >= 0.6 is 0 Å². The Morgan fingerprint density at radius 3 is 2.35 bits per heavy atom. The van der Waals surface area contributed by atoms with Gasteiger partial charge in [-0.3, -0.25) is 14.4 Å². The third-order valence-corrected chi connectivity index (χ3v) is 8.63. The van der Waals surface area contributed by atoms with Gasteiger partial charge in [-0.25, -0.2) is 14.8 Å². The van der Waals surface area contributed by atoms with Crippen molar-refractivity contribution in [1.82, 2.24) is 30.6 Å². The zero-order chi connectivity index (χ0) is 35.1. The van der Waals surface area contributed by atoms with Crippen LogP contribution in [0.2, 0.25) is 0 Å². The van der Waals surface area contributed by atoms with Gasteiger partial charge >= 0.3 is 11.9 Å². The monoisotopic (exact) mass is 669 g/mol. The highest BCUT2D eigenvalue weighted by Crippen LogP contribution is 2.36. The van der Waals surface area contributed by atoms with E-state index in [1.54, 1.807) is 30.5 Å². The summed E-state index contributed by atoms with van der Waals surface area (Å²) >= 11 is 0. The number of nitrogens with zero attached hydrogens (tertiary/aromatic N) is 5. The van der Waals surface area contributed by atoms with E-state index in [4.69, 9.17) is 11.5 Å². The van der Waals surface area contributed by atoms with Crippen LogP contribution in [0.25, 0.3) is 11.2 Å². The largest absolute Gasteiger partial charge is 0.481 e. The Labute approximate surface area is 282 Å². The second-order valence-corrected chi connectivity index (χ2v) is 12.1. The van der Waals surface area contributed by atoms with E-state index in [1.807, 2.05) is 36.2 Å². The number of rotatable bonds is 14. The number of carboxylic acid groups (broad SMARTS) is 2. The summed E-state index contributed by atoms with van der Waals surface area (Å²) in [7, 11) is 1.82. The molecule has 1 aliphatic carbocycles. The van der Waals surface area contributed by atoms with Gasteiger partial charge in [-0.15, -0.1) is 0 Å². The first-order valence-corrected chi connectivity index (χ1v) is 16.0. The lowest BCUT2D eigenvalue weighted by atomic mass is 9.90. The molecule has 2 atom stereocenters. The summed E-state index contributed by atoms with van der Waals surface area (Å²) in [6.07, 6.45) is 5.27. The van der Waals surface area contributed by atoms with Crippen molar-refractivity contribution in [2.75, 3.05) is 23.4 Å². The smallest absolute Gasteiger partial charge is 0.326 e. The van der Waals surface area contributed by atoms with Crippen LogP contribution in [0, 0.1) is 0 Å². The predicted octanol–water partition coefficient (Wildman–Crippen LogP) is 2.65. The number of carbonyl (C=O) groups is 4. The van der Waals surface area contributed by atoms with E-state index >= 15 is 0 Å². The minimum atomic E-state index is -1.28. The molecule has 2 aromatic carbocycles. The predicted molar refractivity (Wildman–Crippen MR) is 182 cm³/mol. The summed E-state index contributed by atoms with van der Waals surface area (Å²) in [5.41, 5.74) is 15.6. The molecule has 5 rings (SSSR count). The van der Waals surface area contributed by atoms with Crippen LogP contribution in [0.4, 0.5) is 17.5 Å². The number of benzene rings is 2. The zero-order valence-electron chi connectivity index (χ0n) is 27.0. The number of nitrogen functional groups attached to an aromatic ring is 2. The molecule has 2 heterocycles. The molecular weight excluding hydrogens is 630 g/mol.